The van der Waals surface area contributed by atoms with Crippen molar-refractivity contribution in [2.24, 2.45) is 0 Å². The molecule has 0 bridgehead atoms. The third kappa shape index (κ3) is 6.07. The van der Waals surface area contributed by atoms with E-state index in [1.807, 2.05) is 11.3 Å². The number of furan rings is 1. The minimum atomic E-state index is 0.920. The van der Waals surface area contributed by atoms with Gasteiger partial charge in [-0.15, -0.1) is 11.3 Å². The highest BCUT2D eigenvalue weighted by Gasteiger charge is 2.17. The predicted molar refractivity (Wildman–Crippen MR) is 242 cm³/mol. The van der Waals surface area contributed by atoms with E-state index in [1.165, 1.54) is 64.2 Å². The van der Waals surface area contributed by atoms with Crippen molar-refractivity contribution >= 4 is 81.2 Å². The number of fused-ring (bicyclic) bond motifs is 8. The first-order chi connectivity index (χ1) is 27.6. The standard InChI is InChI=1S/C53H39NOS/c1-3-12-39(31-35(2)54(44-15-6-4-7-16-44)45-17-8-5-9-18-45)37-19-21-38(22-20-37)43-26-28-47-51(34-43)56-50-30-29-48-52(53(47)50)46-27-25-42(33-49(46)55-48)41-24-23-36-13-10-11-14-40(36)32-41/h4-34H,3H2,1-2H3/b35-31+,39-12+. The number of nitrogens with zero attached hydrogens (tertiary/aromatic N) is 1. The molecule has 10 rings (SSSR count). The van der Waals surface area contributed by atoms with Crippen LogP contribution in [0.4, 0.5) is 11.4 Å². The lowest BCUT2D eigenvalue weighted by Crippen LogP contribution is -2.14. The average molecular weight is 738 g/mol. The maximum absolute atomic E-state index is 6.54. The van der Waals surface area contributed by atoms with Crippen molar-refractivity contribution in [2.75, 3.05) is 4.90 Å². The Morgan fingerprint density at radius 2 is 1.16 bits per heavy atom. The Bertz CT molecular complexity index is 3070. The van der Waals surface area contributed by atoms with Gasteiger partial charge in [-0.05, 0) is 124 Å². The molecule has 0 N–H and O–H groups in total. The molecule has 0 spiro atoms. The summed E-state index contributed by atoms with van der Waals surface area (Å²) in [6.07, 6.45) is 5.58. The fraction of sp³-hybridized carbons (Fsp3) is 0.0566. The molecular weight excluding hydrogens is 699 g/mol. The normalized spacial score (nSPS) is 12.4. The first kappa shape index (κ1) is 33.9. The number of anilines is 2. The van der Waals surface area contributed by atoms with Crippen molar-refractivity contribution in [1.29, 1.82) is 0 Å². The molecule has 0 saturated carbocycles. The first-order valence-electron chi connectivity index (χ1n) is 19.3. The second-order valence-electron chi connectivity index (χ2n) is 14.4. The van der Waals surface area contributed by atoms with Crippen molar-refractivity contribution in [1.82, 2.24) is 0 Å². The van der Waals surface area contributed by atoms with Gasteiger partial charge >= 0.3 is 0 Å². The quantitative estimate of drug-likeness (QED) is 0.144. The minimum Gasteiger partial charge on any atom is -0.456 e. The summed E-state index contributed by atoms with van der Waals surface area (Å²) in [5, 5.41) is 7.39. The smallest absolute Gasteiger partial charge is 0.136 e. The molecule has 0 aliphatic heterocycles. The molecule has 0 aliphatic rings. The lowest BCUT2D eigenvalue weighted by Gasteiger charge is -2.26. The van der Waals surface area contributed by atoms with E-state index in [-0.39, 0.29) is 0 Å². The highest BCUT2D eigenvalue weighted by atomic mass is 32.1. The molecule has 0 atom stereocenters. The maximum atomic E-state index is 6.54. The Hall–Kier alpha value is -6.68. The molecule has 3 heteroatoms. The van der Waals surface area contributed by atoms with Crippen LogP contribution in [0.1, 0.15) is 25.8 Å². The van der Waals surface area contributed by atoms with Crippen LogP contribution >= 0.6 is 11.3 Å². The number of hydrogen-bond donors (Lipinski definition) is 0. The van der Waals surface area contributed by atoms with E-state index in [2.05, 4.69) is 207 Å². The zero-order valence-corrected chi connectivity index (χ0v) is 32.2. The van der Waals surface area contributed by atoms with Gasteiger partial charge in [0.05, 0.1) is 0 Å². The average Bonchev–Trinajstić information content (AvgIpc) is 3.81. The van der Waals surface area contributed by atoms with Crippen LogP contribution in [0.2, 0.25) is 0 Å². The summed E-state index contributed by atoms with van der Waals surface area (Å²) in [5.41, 5.74) is 12.5. The summed E-state index contributed by atoms with van der Waals surface area (Å²) < 4.78 is 9.10. The third-order valence-electron chi connectivity index (χ3n) is 10.9. The Kier molecular flexibility index (Phi) is 8.58. The van der Waals surface area contributed by atoms with Crippen LogP contribution in [0, 0.1) is 0 Å². The van der Waals surface area contributed by atoms with Gasteiger partial charge in [-0.2, -0.15) is 0 Å². The third-order valence-corrected chi connectivity index (χ3v) is 12.0. The molecule has 0 fully saturated rings. The maximum Gasteiger partial charge on any atom is 0.136 e. The van der Waals surface area contributed by atoms with Gasteiger partial charge in [0.2, 0.25) is 0 Å². The topological polar surface area (TPSA) is 16.4 Å². The zero-order valence-electron chi connectivity index (χ0n) is 31.4. The van der Waals surface area contributed by atoms with E-state index in [9.17, 15) is 0 Å². The van der Waals surface area contributed by atoms with Crippen LogP contribution in [-0.4, -0.2) is 0 Å². The van der Waals surface area contributed by atoms with Gasteiger partial charge in [0.25, 0.3) is 0 Å². The molecule has 268 valence electrons. The predicted octanol–water partition coefficient (Wildman–Crippen LogP) is 16.0. The van der Waals surface area contributed by atoms with E-state index in [0.29, 0.717) is 0 Å². The number of para-hydroxylation sites is 2. The summed E-state index contributed by atoms with van der Waals surface area (Å²) in [7, 11) is 0. The van der Waals surface area contributed by atoms with Crippen molar-refractivity contribution < 1.29 is 4.42 Å². The van der Waals surface area contributed by atoms with Gasteiger partial charge in [0.1, 0.15) is 11.2 Å². The van der Waals surface area contributed by atoms with Crippen molar-refractivity contribution in [3.8, 4) is 22.3 Å². The number of allylic oxidation sites excluding steroid dienone is 4. The van der Waals surface area contributed by atoms with Crippen molar-refractivity contribution in [2.45, 2.75) is 20.3 Å². The van der Waals surface area contributed by atoms with Crippen LogP contribution in [0.25, 0.3) is 80.7 Å². The van der Waals surface area contributed by atoms with Crippen molar-refractivity contribution in [3.05, 3.63) is 199 Å². The number of rotatable bonds is 8. The SMILES string of the molecule is CC/C=C(\C=C(/C)N(c1ccccc1)c1ccccc1)c1ccc(-c2ccc3c(c2)sc2ccc4oc5cc(-c6ccc7ccccc7c6)ccc5c4c23)cc1. The Morgan fingerprint density at radius 1 is 0.536 bits per heavy atom. The second kappa shape index (κ2) is 14.2. The summed E-state index contributed by atoms with van der Waals surface area (Å²) in [5.74, 6) is 0. The van der Waals surface area contributed by atoms with E-state index in [0.717, 1.165) is 45.6 Å². The molecule has 0 unspecified atom stereocenters. The van der Waals surface area contributed by atoms with Gasteiger partial charge in [-0.25, -0.2) is 0 Å². The van der Waals surface area contributed by atoms with Gasteiger partial charge in [-0.3, -0.25) is 0 Å². The largest absolute Gasteiger partial charge is 0.456 e. The molecule has 8 aromatic carbocycles. The monoisotopic (exact) mass is 737 g/mol. The second-order valence-corrected chi connectivity index (χ2v) is 15.5. The highest BCUT2D eigenvalue weighted by molar-refractivity contribution is 7.26. The Labute approximate surface area is 330 Å². The van der Waals surface area contributed by atoms with Crippen LogP contribution in [0.3, 0.4) is 0 Å². The van der Waals surface area contributed by atoms with E-state index in [4.69, 9.17) is 4.42 Å². The summed E-state index contributed by atoms with van der Waals surface area (Å²) >= 11 is 1.86. The Morgan fingerprint density at radius 3 is 1.89 bits per heavy atom. The van der Waals surface area contributed by atoms with E-state index < -0.39 is 0 Å². The summed E-state index contributed by atoms with van der Waals surface area (Å²) in [6.45, 7) is 4.40. The number of hydrogen-bond acceptors (Lipinski definition) is 3. The van der Waals surface area contributed by atoms with E-state index in [1.54, 1.807) is 0 Å². The lowest BCUT2D eigenvalue weighted by molar-refractivity contribution is 0.669. The fourth-order valence-corrected chi connectivity index (χ4v) is 9.35. The summed E-state index contributed by atoms with van der Waals surface area (Å²) in [6, 6.07) is 63.4. The molecule has 0 amide bonds. The number of thiophene rings is 1. The van der Waals surface area contributed by atoms with Crippen molar-refractivity contribution in [3.63, 3.8) is 0 Å². The van der Waals surface area contributed by atoms with Gasteiger partial charge in [-0.1, -0.05) is 128 Å². The fourth-order valence-electron chi connectivity index (χ4n) is 8.20. The number of benzene rings is 8. The lowest BCUT2D eigenvalue weighted by atomic mass is 9.97. The van der Waals surface area contributed by atoms with Gasteiger partial charge < -0.3 is 9.32 Å². The summed E-state index contributed by atoms with van der Waals surface area (Å²) in [4.78, 5) is 2.32. The molecule has 2 aromatic heterocycles. The minimum absolute atomic E-state index is 0.920. The molecule has 10 aromatic rings. The highest BCUT2D eigenvalue weighted by Crippen LogP contribution is 2.44. The molecular formula is C53H39NOS. The molecule has 0 radical (unpaired) electrons. The van der Waals surface area contributed by atoms with Gasteiger partial charge in [0, 0.05) is 48.0 Å². The van der Waals surface area contributed by atoms with Gasteiger partial charge in [0.15, 0.2) is 0 Å². The van der Waals surface area contributed by atoms with Crippen LogP contribution in [-0.2, 0) is 0 Å². The van der Waals surface area contributed by atoms with E-state index >= 15 is 0 Å². The first-order valence-corrected chi connectivity index (χ1v) is 20.1. The zero-order chi connectivity index (χ0) is 37.6. The van der Waals surface area contributed by atoms with Crippen LogP contribution in [0.15, 0.2) is 198 Å². The molecule has 2 heterocycles. The molecule has 0 saturated heterocycles. The molecule has 0 aliphatic carbocycles. The Balaban J connectivity index is 0.978. The molecule has 2 nitrogen and oxygen atoms in total. The molecule has 56 heavy (non-hydrogen) atoms. The van der Waals surface area contributed by atoms with Crippen LogP contribution in [0.5, 0.6) is 0 Å². The van der Waals surface area contributed by atoms with Crippen LogP contribution < -0.4 is 4.90 Å².